The molecule has 4 rings (SSSR count). The van der Waals surface area contributed by atoms with Crippen molar-refractivity contribution < 1.29 is 0 Å². The fourth-order valence-electron chi connectivity index (χ4n) is 3.40. The lowest BCUT2D eigenvalue weighted by Crippen LogP contribution is -2.23. The fraction of sp³-hybridized carbons (Fsp3) is 0.467. The van der Waals surface area contributed by atoms with Crippen molar-refractivity contribution in [1.82, 2.24) is 14.5 Å². The van der Waals surface area contributed by atoms with Crippen LogP contribution in [0.2, 0.25) is 0 Å². The predicted octanol–water partition coefficient (Wildman–Crippen LogP) is 3.23. The molecule has 4 aliphatic rings. The molecule has 0 spiro atoms. The maximum atomic E-state index is 4.41. The molecule has 1 aliphatic carbocycles. The van der Waals surface area contributed by atoms with Crippen molar-refractivity contribution in [1.29, 1.82) is 0 Å². The van der Waals surface area contributed by atoms with E-state index >= 15 is 0 Å². The zero-order chi connectivity index (χ0) is 12.7. The fourth-order valence-corrected chi connectivity index (χ4v) is 3.40. The highest BCUT2D eigenvalue weighted by Gasteiger charge is 2.25. The van der Waals surface area contributed by atoms with Gasteiger partial charge in [0.25, 0.3) is 0 Å². The molecule has 1 N–H and O–H groups in total. The average molecular weight is 254 g/mol. The molecule has 1 saturated carbocycles. The first-order chi connectivity index (χ1) is 9.43. The Labute approximate surface area is 112 Å². The number of nitrogens with one attached hydrogen (secondary N) is 1. The van der Waals surface area contributed by atoms with Gasteiger partial charge in [-0.2, -0.15) is 0 Å². The third-order valence-electron chi connectivity index (χ3n) is 4.33. The van der Waals surface area contributed by atoms with Crippen LogP contribution in [-0.2, 0) is 0 Å². The molecular formula is C15H18N4. The number of hydrogen-bond donors (Lipinski definition) is 1. The number of aromatic nitrogens is 3. The molecule has 0 atom stereocenters. The Kier molecular flexibility index (Phi) is 2.53. The summed E-state index contributed by atoms with van der Waals surface area (Å²) < 4.78 is 2.33. The van der Waals surface area contributed by atoms with Gasteiger partial charge in [0.05, 0.1) is 11.9 Å². The number of allylic oxidation sites excluding steroid dienone is 1. The molecule has 3 aliphatic heterocycles. The number of rotatable bonds is 1. The van der Waals surface area contributed by atoms with Crippen molar-refractivity contribution in [3.05, 3.63) is 24.5 Å². The summed E-state index contributed by atoms with van der Waals surface area (Å²) in [4.78, 5) is 8.73. The van der Waals surface area contributed by atoms with Gasteiger partial charge in [0, 0.05) is 18.4 Å². The molecule has 1 fully saturated rings. The Morgan fingerprint density at radius 2 is 2.05 bits per heavy atom. The van der Waals surface area contributed by atoms with E-state index in [0.29, 0.717) is 5.92 Å². The largest absolute Gasteiger partial charge is 0.366 e. The van der Waals surface area contributed by atoms with Crippen LogP contribution < -0.4 is 5.32 Å². The summed E-state index contributed by atoms with van der Waals surface area (Å²) in [5, 5.41) is 3.41. The van der Waals surface area contributed by atoms with Gasteiger partial charge in [-0.3, -0.25) is 4.57 Å². The molecule has 0 aromatic rings. The van der Waals surface area contributed by atoms with Crippen LogP contribution in [0.25, 0.3) is 17.2 Å². The van der Waals surface area contributed by atoms with E-state index in [1.165, 1.54) is 37.8 Å². The van der Waals surface area contributed by atoms with E-state index < -0.39 is 0 Å². The molecule has 98 valence electrons. The summed E-state index contributed by atoms with van der Waals surface area (Å²) in [6.45, 7) is 0.910. The van der Waals surface area contributed by atoms with Crippen LogP contribution in [-0.4, -0.2) is 21.1 Å². The quantitative estimate of drug-likeness (QED) is 0.849. The topological polar surface area (TPSA) is 42.7 Å². The lowest BCUT2D eigenvalue weighted by Gasteiger charge is -2.31. The number of nitrogens with zero attached hydrogens (tertiary/aromatic N) is 3. The second-order valence-electron chi connectivity index (χ2n) is 5.48. The highest BCUT2D eigenvalue weighted by molar-refractivity contribution is 5.70. The van der Waals surface area contributed by atoms with E-state index in [2.05, 4.69) is 32.0 Å². The van der Waals surface area contributed by atoms with E-state index in [4.69, 9.17) is 0 Å². The molecule has 4 heteroatoms. The van der Waals surface area contributed by atoms with E-state index in [1.807, 2.05) is 12.4 Å². The molecular weight excluding hydrogens is 236 g/mol. The maximum absolute atomic E-state index is 4.41. The normalized spacial score (nSPS) is 19.9. The number of anilines is 1. The molecule has 3 heterocycles. The van der Waals surface area contributed by atoms with Crippen LogP contribution in [0, 0.1) is 5.92 Å². The van der Waals surface area contributed by atoms with Crippen LogP contribution in [0.4, 0.5) is 5.82 Å². The number of hydrogen-bond acceptors (Lipinski definition) is 3. The molecule has 0 saturated heterocycles. The molecule has 4 nitrogen and oxygen atoms in total. The van der Waals surface area contributed by atoms with Gasteiger partial charge in [0.2, 0.25) is 0 Å². The first kappa shape index (κ1) is 11.0. The van der Waals surface area contributed by atoms with Crippen molar-refractivity contribution in [3.63, 3.8) is 0 Å². The molecule has 0 radical (unpaired) electrons. The Morgan fingerprint density at radius 1 is 1.16 bits per heavy atom. The average Bonchev–Trinajstić information content (AvgIpc) is 2.96. The summed E-state index contributed by atoms with van der Waals surface area (Å²) in [5.74, 6) is 2.64. The number of fused-ring (bicyclic) bond motifs is 3. The van der Waals surface area contributed by atoms with E-state index in [-0.39, 0.29) is 0 Å². The standard InChI is InChI=1S/C15H18N4/c1-2-4-11(5-3-1)12-6-8-16-14-10-18-15-13(19(12)14)7-9-17-15/h6-7,9-11,16H,1-5,8H2. The lowest BCUT2D eigenvalue weighted by atomic mass is 9.86. The van der Waals surface area contributed by atoms with E-state index in [1.54, 1.807) is 0 Å². The summed E-state index contributed by atoms with van der Waals surface area (Å²) in [7, 11) is 0. The molecule has 0 aromatic heterocycles. The highest BCUT2D eigenvalue weighted by atomic mass is 15.2. The SMILES string of the molecule is C1=C(C2CCCCC2)n2c(cnc3nccc2-3)NC1. The third-order valence-corrected chi connectivity index (χ3v) is 4.33. The van der Waals surface area contributed by atoms with Crippen molar-refractivity contribution in [2.45, 2.75) is 32.1 Å². The van der Waals surface area contributed by atoms with E-state index in [0.717, 1.165) is 23.9 Å². The van der Waals surface area contributed by atoms with E-state index in [9.17, 15) is 0 Å². The molecule has 0 bridgehead atoms. The van der Waals surface area contributed by atoms with Gasteiger partial charge in [0.1, 0.15) is 5.82 Å². The van der Waals surface area contributed by atoms with Crippen LogP contribution in [0.5, 0.6) is 0 Å². The lowest BCUT2D eigenvalue weighted by molar-refractivity contribution is 0.419. The monoisotopic (exact) mass is 254 g/mol. The highest BCUT2D eigenvalue weighted by Crippen LogP contribution is 2.38. The molecule has 0 amide bonds. The van der Waals surface area contributed by atoms with Crippen molar-refractivity contribution >= 4 is 11.5 Å². The summed E-state index contributed by atoms with van der Waals surface area (Å²) in [6.07, 6.45) is 12.8. The van der Waals surface area contributed by atoms with Gasteiger partial charge in [0.15, 0.2) is 5.82 Å². The van der Waals surface area contributed by atoms with Crippen molar-refractivity contribution in [2.24, 2.45) is 5.92 Å². The molecule has 19 heavy (non-hydrogen) atoms. The van der Waals surface area contributed by atoms with Gasteiger partial charge >= 0.3 is 0 Å². The van der Waals surface area contributed by atoms with Crippen LogP contribution in [0.3, 0.4) is 0 Å². The zero-order valence-corrected chi connectivity index (χ0v) is 11.0. The Hall–Kier alpha value is -1.84. The first-order valence-electron chi connectivity index (χ1n) is 7.20. The summed E-state index contributed by atoms with van der Waals surface area (Å²) in [6, 6.07) is 2.06. The predicted molar refractivity (Wildman–Crippen MR) is 76.0 cm³/mol. The second-order valence-corrected chi connectivity index (χ2v) is 5.48. The minimum absolute atomic E-state index is 0.695. The minimum Gasteiger partial charge on any atom is -0.366 e. The maximum Gasteiger partial charge on any atom is 0.176 e. The van der Waals surface area contributed by atoms with Crippen molar-refractivity contribution in [3.8, 4) is 11.5 Å². The Bertz CT molecular complexity index is 592. The second kappa shape index (κ2) is 4.37. The third kappa shape index (κ3) is 1.74. The Balaban J connectivity index is 1.83. The zero-order valence-electron chi connectivity index (χ0n) is 11.0. The first-order valence-corrected chi connectivity index (χ1v) is 7.20. The summed E-state index contributed by atoms with van der Waals surface area (Å²) in [5.41, 5.74) is 2.58. The molecule has 0 aromatic carbocycles. The van der Waals surface area contributed by atoms with Gasteiger partial charge in [-0.15, -0.1) is 0 Å². The van der Waals surface area contributed by atoms with Crippen LogP contribution in [0.1, 0.15) is 32.1 Å². The Morgan fingerprint density at radius 3 is 2.95 bits per heavy atom. The van der Waals surface area contributed by atoms with Crippen LogP contribution >= 0.6 is 0 Å². The van der Waals surface area contributed by atoms with Gasteiger partial charge in [-0.25, -0.2) is 9.97 Å². The van der Waals surface area contributed by atoms with Crippen LogP contribution in [0.15, 0.2) is 24.5 Å². The van der Waals surface area contributed by atoms with Gasteiger partial charge in [-0.1, -0.05) is 19.3 Å². The smallest absolute Gasteiger partial charge is 0.176 e. The van der Waals surface area contributed by atoms with Crippen molar-refractivity contribution in [2.75, 3.05) is 11.9 Å². The summed E-state index contributed by atoms with van der Waals surface area (Å²) >= 11 is 0. The minimum atomic E-state index is 0.695. The molecule has 0 unspecified atom stereocenters. The van der Waals surface area contributed by atoms with Gasteiger partial charge in [-0.05, 0) is 30.9 Å². The van der Waals surface area contributed by atoms with Gasteiger partial charge < -0.3 is 5.32 Å².